The fraction of sp³-hybridized carbons (Fsp3) is 0.294. The Morgan fingerprint density at radius 2 is 1.80 bits per heavy atom. The van der Waals surface area contributed by atoms with Gasteiger partial charge in [-0.25, -0.2) is 4.68 Å². The van der Waals surface area contributed by atoms with Gasteiger partial charge in [-0.2, -0.15) is 18.3 Å². The molecule has 0 aliphatic heterocycles. The zero-order valence-electron chi connectivity index (χ0n) is 13.0. The summed E-state index contributed by atoms with van der Waals surface area (Å²) in [4.78, 5) is 20.5. The molecule has 0 bridgehead atoms. The van der Waals surface area contributed by atoms with Gasteiger partial charge in [-0.15, -0.1) is 0 Å². The van der Waals surface area contributed by atoms with Crippen LogP contribution in [0.3, 0.4) is 0 Å². The van der Waals surface area contributed by atoms with Crippen LogP contribution in [0.15, 0.2) is 41.5 Å². The molecule has 1 saturated carbocycles. The number of hydrogen-bond donors (Lipinski definition) is 0. The number of hydrogen-bond acceptors (Lipinski definition) is 4. The third-order valence-electron chi connectivity index (χ3n) is 4.16. The average molecular weight is 346 g/mol. The molecule has 5 nitrogen and oxygen atoms in total. The summed E-state index contributed by atoms with van der Waals surface area (Å²) in [5.41, 5.74) is -0.0333. The van der Waals surface area contributed by atoms with Crippen LogP contribution in [0.25, 0.3) is 11.0 Å². The van der Waals surface area contributed by atoms with E-state index in [9.17, 15) is 18.0 Å². The quantitative estimate of drug-likeness (QED) is 0.731. The second-order valence-electron chi connectivity index (χ2n) is 6.10. The summed E-state index contributed by atoms with van der Waals surface area (Å²) in [5.74, 6) is 0.00965. The van der Waals surface area contributed by atoms with Crippen LogP contribution >= 0.6 is 0 Å². The summed E-state index contributed by atoms with van der Waals surface area (Å²) in [7, 11) is 0. The molecule has 8 heteroatoms. The zero-order valence-corrected chi connectivity index (χ0v) is 13.0. The van der Waals surface area contributed by atoms with Gasteiger partial charge in [0.15, 0.2) is 0 Å². The van der Waals surface area contributed by atoms with Crippen molar-refractivity contribution in [3.05, 3.63) is 63.8 Å². The molecule has 2 heterocycles. The molecule has 3 aromatic rings. The van der Waals surface area contributed by atoms with Crippen LogP contribution in [0.1, 0.15) is 35.6 Å². The first-order valence-corrected chi connectivity index (χ1v) is 7.81. The van der Waals surface area contributed by atoms with Gasteiger partial charge in [0.2, 0.25) is 0 Å². The molecule has 1 aromatic carbocycles. The number of benzene rings is 1. The molecule has 0 radical (unpaired) electrons. The van der Waals surface area contributed by atoms with E-state index in [2.05, 4.69) is 15.1 Å². The van der Waals surface area contributed by atoms with Crippen LogP contribution < -0.4 is 5.56 Å². The SMILES string of the molecule is O=c1c(C(F)(F)F)cc(C2CC2)nn1Cc1ccc2nccnc2c1. The van der Waals surface area contributed by atoms with E-state index in [1.807, 2.05) is 0 Å². The third-order valence-corrected chi connectivity index (χ3v) is 4.16. The maximum atomic E-state index is 13.2. The van der Waals surface area contributed by atoms with E-state index in [1.165, 1.54) is 6.20 Å². The van der Waals surface area contributed by atoms with Gasteiger partial charge in [0.05, 0.1) is 23.3 Å². The number of halogens is 3. The standard InChI is InChI=1S/C17H13F3N4O/c18-17(19,20)12-8-14(11-2-3-11)23-24(16(12)25)9-10-1-4-13-15(7-10)22-6-5-21-13/h1,4-8,11H,2-3,9H2. The molecule has 4 rings (SSSR count). The molecule has 0 atom stereocenters. The van der Waals surface area contributed by atoms with Gasteiger partial charge in [-0.3, -0.25) is 14.8 Å². The topological polar surface area (TPSA) is 60.7 Å². The van der Waals surface area contributed by atoms with Crippen LogP contribution in [0, 0.1) is 0 Å². The highest BCUT2D eigenvalue weighted by atomic mass is 19.4. The van der Waals surface area contributed by atoms with Gasteiger partial charge in [0.25, 0.3) is 5.56 Å². The molecule has 1 aliphatic rings. The Balaban J connectivity index is 1.78. The summed E-state index contributed by atoms with van der Waals surface area (Å²) in [5, 5.41) is 4.15. The van der Waals surface area contributed by atoms with Crippen molar-refractivity contribution in [2.75, 3.05) is 0 Å². The van der Waals surface area contributed by atoms with Crippen LogP contribution in [-0.2, 0) is 12.7 Å². The molecule has 1 aliphatic carbocycles. The van der Waals surface area contributed by atoms with Crippen LogP contribution in [0.5, 0.6) is 0 Å². The minimum Gasteiger partial charge on any atom is -0.267 e. The van der Waals surface area contributed by atoms with E-state index in [4.69, 9.17) is 0 Å². The Morgan fingerprint density at radius 1 is 1.08 bits per heavy atom. The van der Waals surface area contributed by atoms with E-state index in [1.54, 1.807) is 24.4 Å². The third kappa shape index (κ3) is 3.11. The van der Waals surface area contributed by atoms with Crippen molar-refractivity contribution < 1.29 is 13.2 Å². The normalized spacial score (nSPS) is 14.8. The van der Waals surface area contributed by atoms with E-state index in [-0.39, 0.29) is 12.5 Å². The Kier molecular flexibility index (Phi) is 3.55. The fourth-order valence-electron chi connectivity index (χ4n) is 2.73. The summed E-state index contributed by atoms with van der Waals surface area (Å²) < 4.78 is 40.4. The summed E-state index contributed by atoms with van der Waals surface area (Å²) >= 11 is 0. The number of nitrogens with zero attached hydrogens (tertiary/aromatic N) is 4. The molecular weight excluding hydrogens is 333 g/mol. The largest absolute Gasteiger partial charge is 0.421 e. The zero-order chi connectivity index (χ0) is 17.6. The molecule has 0 unspecified atom stereocenters. The minimum atomic E-state index is -4.69. The smallest absolute Gasteiger partial charge is 0.267 e. The lowest BCUT2D eigenvalue weighted by molar-refractivity contribution is -0.139. The summed E-state index contributed by atoms with van der Waals surface area (Å²) in [6.45, 7) is -0.0466. The average Bonchev–Trinajstić information content (AvgIpc) is 3.40. The van der Waals surface area contributed by atoms with E-state index >= 15 is 0 Å². The number of rotatable bonds is 3. The Morgan fingerprint density at radius 3 is 2.48 bits per heavy atom. The van der Waals surface area contributed by atoms with E-state index in [0.29, 0.717) is 22.3 Å². The van der Waals surface area contributed by atoms with Crippen LogP contribution in [0.4, 0.5) is 13.2 Å². The second kappa shape index (κ2) is 5.65. The summed E-state index contributed by atoms with van der Waals surface area (Å²) in [6.07, 6.45) is -0.00279. The highest BCUT2D eigenvalue weighted by molar-refractivity contribution is 5.74. The molecule has 0 saturated heterocycles. The molecule has 2 aromatic heterocycles. The predicted octanol–water partition coefficient (Wildman–Crippen LogP) is 3.13. The Labute approximate surface area is 140 Å². The van der Waals surface area contributed by atoms with Crippen molar-refractivity contribution in [3.63, 3.8) is 0 Å². The molecule has 1 fully saturated rings. The maximum Gasteiger partial charge on any atom is 0.421 e. The molecule has 0 amide bonds. The lowest BCUT2D eigenvalue weighted by Crippen LogP contribution is -2.31. The molecule has 0 spiro atoms. The molecule has 25 heavy (non-hydrogen) atoms. The van der Waals surface area contributed by atoms with E-state index in [0.717, 1.165) is 23.6 Å². The van der Waals surface area contributed by atoms with Crippen LogP contribution in [0.2, 0.25) is 0 Å². The molecule has 128 valence electrons. The van der Waals surface area contributed by atoms with Gasteiger partial charge in [0, 0.05) is 18.3 Å². The van der Waals surface area contributed by atoms with Gasteiger partial charge in [0.1, 0.15) is 5.56 Å². The lowest BCUT2D eigenvalue weighted by Gasteiger charge is -2.12. The maximum absolute atomic E-state index is 13.2. The number of fused-ring (bicyclic) bond motifs is 1. The first kappa shape index (κ1) is 15.7. The number of aromatic nitrogens is 4. The lowest BCUT2D eigenvalue weighted by atomic mass is 10.1. The monoisotopic (exact) mass is 346 g/mol. The van der Waals surface area contributed by atoms with Gasteiger partial charge in [-0.1, -0.05) is 6.07 Å². The number of alkyl halides is 3. The van der Waals surface area contributed by atoms with Crippen molar-refractivity contribution in [2.24, 2.45) is 0 Å². The first-order valence-electron chi connectivity index (χ1n) is 7.81. The Hall–Kier alpha value is -2.77. The second-order valence-corrected chi connectivity index (χ2v) is 6.10. The van der Waals surface area contributed by atoms with Crippen LogP contribution in [-0.4, -0.2) is 19.7 Å². The van der Waals surface area contributed by atoms with Gasteiger partial charge in [-0.05, 0) is 36.6 Å². The molecule has 0 N–H and O–H groups in total. The van der Waals surface area contributed by atoms with Gasteiger partial charge >= 0.3 is 6.18 Å². The van der Waals surface area contributed by atoms with Crippen molar-refractivity contribution in [2.45, 2.75) is 31.5 Å². The highest BCUT2D eigenvalue weighted by Crippen LogP contribution is 2.40. The minimum absolute atomic E-state index is 0.00965. The fourth-order valence-corrected chi connectivity index (χ4v) is 2.73. The highest BCUT2D eigenvalue weighted by Gasteiger charge is 2.37. The molecular formula is C17H13F3N4O. The summed E-state index contributed by atoms with van der Waals surface area (Å²) in [6, 6.07) is 6.02. The van der Waals surface area contributed by atoms with Crippen molar-refractivity contribution >= 4 is 11.0 Å². The Bertz CT molecular complexity index is 1010. The van der Waals surface area contributed by atoms with E-state index < -0.39 is 17.3 Å². The van der Waals surface area contributed by atoms with Gasteiger partial charge < -0.3 is 0 Å². The van der Waals surface area contributed by atoms with Crippen molar-refractivity contribution in [1.82, 2.24) is 19.7 Å². The van der Waals surface area contributed by atoms with Crippen molar-refractivity contribution in [1.29, 1.82) is 0 Å². The predicted molar refractivity (Wildman–Crippen MR) is 84.1 cm³/mol. The van der Waals surface area contributed by atoms with Crippen molar-refractivity contribution in [3.8, 4) is 0 Å². The first-order chi connectivity index (χ1) is 11.9.